The maximum Gasteiger partial charge on any atom is 0.244 e. The monoisotopic (exact) mass is 249 g/mol. The van der Waals surface area contributed by atoms with Gasteiger partial charge >= 0.3 is 0 Å². The fraction of sp³-hybridized carbons (Fsp3) is 0.800. The highest BCUT2D eigenvalue weighted by molar-refractivity contribution is 5.89. The molecule has 2 N–H and O–H groups in total. The van der Waals surface area contributed by atoms with Gasteiger partial charge in [-0.3, -0.25) is 9.59 Å². The molecule has 16 heavy (non-hydrogen) atoms. The van der Waals surface area contributed by atoms with Crippen molar-refractivity contribution in [3.8, 4) is 0 Å². The Labute approximate surface area is 102 Å². The highest BCUT2D eigenvalue weighted by atomic mass is 35.5. The van der Waals surface area contributed by atoms with Gasteiger partial charge in [0.25, 0.3) is 0 Å². The van der Waals surface area contributed by atoms with Gasteiger partial charge in [0.15, 0.2) is 0 Å². The Morgan fingerprint density at radius 1 is 1.44 bits per heavy atom. The van der Waals surface area contributed by atoms with Crippen LogP contribution in [0.15, 0.2) is 0 Å². The van der Waals surface area contributed by atoms with Crippen LogP contribution in [0.4, 0.5) is 0 Å². The zero-order valence-electron chi connectivity index (χ0n) is 9.97. The summed E-state index contributed by atoms with van der Waals surface area (Å²) in [6.07, 6.45) is 1.62. The van der Waals surface area contributed by atoms with Crippen LogP contribution in [-0.4, -0.2) is 54.3 Å². The van der Waals surface area contributed by atoms with E-state index in [1.54, 1.807) is 25.9 Å². The largest absolute Gasteiger partial charge is 0.347 e. The quantitative estimate of drug-likeness (QED) is 0.739. The molecule has 1 unspecified atom stereocenters. The standard InChI is InChI=1S/C10H19N3O2.ClH/c1-7(11)9(14)13-6-4-5-8(13)10(15)12(2)3;/h7-8H,4-6,11H2,1-3H3;1H/t7-,8?;/m1./s1. The highest BCUT2D eigenvalue weighted by Crippen LogP contribution is 2.19. The number of halogens is 1. The summed E-state index contributed by atoms with van der Waals surface area (Å²) in [4.78, 5) is 26.6. The molecule has 1 aliphatic heterocycles. The molecule has 6 heteroatoms. The summed E-state index contributed by atoms with van der Waals surface area (Å²) in [5.41, 5.74) is 5.54. The minimum Gasteiger partial charge on any atom is -0.347 e. The molecule has 1 fully saturated rings. The predicted octanol–water partition coefficient (Wildman–Crippen LogP) is -0.165. The summed E-state index contributed by atoms with van der Waals surface area (Å²) in [5.74, 6) is -0.144. The zero-order valence-corrected chi connectivity index (χ0v) is 10.8. The van der Waals surface area contributed by atoms with Crippen LogP contribution in [0.1, 0.15) is 19.8 Å². The van der Waals surface area contributed by atoms with Crippen molar-refractivity contribution in [3.63, 3.8) is 0 Å². The van der Waals surface area contributed by atoms with E-state index in [9.17, 15) is 9.59 Å². The predicted molar refractivity (Wildman–Crippen MR) is 64.3 cm³/mol. The van der Waals surface area contributed by atoms with Gasteiger partial charge in [0.05, 0.1) is 6.04 Å². The molecule has 1 aliphatic rings. The molecule has 0 aromatic rings. The summed E-state index contributed by atoms with van der Waals surface area (Å²) < 4.78 is 0. The van der Waals surface area contributed by atoms with E-state index in [1.165, 1.54) is 4.90 Å². The zero-order chi connectivity index (χ0) is 11.6. The van der Waals surface area contributed by atoms with Gasteiger partial charge in [0.1, 0.15) is 6.04 Å². The lowest BCUT2D eigenvalue weighted by Gasteiger charge is -2.27. The van der Waals surface area contributed by atoms with Gasteiger partial charge in [0.2, 0.25) is 11.8 Å². The lowest BCUT2D eigenvalue weighted by Crippen LogP contribution is -2.50. The molecule has 94 valence electrons. The first-order valence-electron chi connectivity index (χ1n) is 5.22. The Bertz CT molecular complexity index is 243. The number of likely N-dealkylation sites (N-methyl/N-ethyl adjacent to an activating group) is 1. The number of nitrogens with zero attached hydrogens (tertiary/aromatic N) is 2. The first-order valence-corrected chi connectivity index (χ1v) is 5.22. The third-order valence-electron chi connectivity index (χ3n) is 2.65. The van der Waals surface area contributed by atoms with Crippen molar-refractivity contribution < 1.29 is 9.59 Å². The number of likely N-dealkylation sites (tertiary alicyclic amines) is 1. The Morgan fingerprint density at radius 3 is 2.44 bits per heavy atom. The number of hydrogen-bond donors (Lipinski definition) is 1. The molecule has 0 bridgehead atoms. The molecule has 0 spiro atoms. The van der Waals surface area contributed by atoms with Crippen LogP contribution in [-0.2, 0) is 9.59 Å². The van der Waals surface area contributed by atoms with Crippen molar-refractivity contribution in [2.75, 3.05) is 20.6 Å². The number of carbonyl (C=O) groups excluding carboxylic acids is 2. The molecule has 1 rings (SSSR count). The van der Waals surface area contributed by atoms with E-state index in [2.05, 4.69) is 0 Å². The molecule has 0 aliphatic carbocycles. The average molecular weight is 250 g/mol. The van der Waals surface area contributed by atoms with E-state index in [0.717, 1.165) is 12.8 Å². The summed E-state index contributed by atoms with van der Waals surface area (Å²) in [6, 6.07) is -0.834. The Balaban J connectivity index is 0.00000225. The van der Waals surface area contributed by atoms with Gasteiger partial charge in [-0.15, -0.1) is 12.4 Å². The van der Waals surface area contributed by atoms with Gasteiger partial charge in [0, 0.05) is 20.6 Å². The smallest absolute Gasteiger partial charge is 0.244 e. The maximum absolute atomic E-state index is 11.8. The van der Waals surface area contributed by atoms with E-state index in [1.807, 2.05) is 0 Å². The van der Waals surface area contributed by atoms with Crippen LogP contribution in [0, 0.1) is 0 Å². The van der Waals surface area contributed by atoms with Gasteiger partial charge < -0.3 is 15.5 Å². The molecule has 5 nitrogen and oxygen atoms in total. The van der Waals surface area contributed by atoms with Crippen LogP contribution < -0.4 is 5.73 Å². The van der Waals surface area contributed by atoms with E-state index >= 15 is 0 Å². The van der Waals surface area contributed by atoms with Crippen molar-refractivity contribution >= 4 is 24.2 Å². The van der Waals surface area contributed by atoms with Crippen LogP contribution in [0.2, 0.25) is 0 Å². The molecule has 1 saturated heterocycles. The number of rotatable bonds is 2. The fourth-order valence-electron chi connectivity index (χ4n) is 1.85. The number of carbonyl (C=O) groups is 2. The van der Waals surface area contributed by atoms with Crippen LogP contribution >= 0.6 is 12.4 Å². The minimum absolute atomic E-state index is 0. The van der Waals surface area contributed by atoms with Crippen molar-refractivity contribution in [1.82, 2.24) is 9.80 Å². The topological polar surface area (TPSA) is 66.6 Å². The van der Waals surface area contributed by atoms with Crippen LogP contribution in [0.5, 0.6) is 0 Å². The molecular weight excluding hydrogens is 230 g/mol. The average Bonchev–Trinajstić information content (AvgIpc) is 2.63. The van der Waals surface area contributed by atoms with E-state index in [4.69, 9.17) is 5.73 Å². The number of hydrogen-bond acceptors (Lipinski definition) is 3. The van der Waals surface area contributed by atoms with Gasteiger partial charge in [-0.1, -0.05) is 0 Å². The van der Waals surface area contributed by atoms with Crippen molar-refractivity contribution in [2.45, 2.75) is 31.8 Å². The normalized spacial score (nSPS) is 21.2. The van der Waals surface area contributed by atoms with Crippen molar-refractivity contribution in [1.29, 1.82) is 0 Å². The number of nitrogens with two attached hydrogens (primary N) is 1. The molecule has 2 atom stereocenters. The van der Waals surface area contributed by atoms with Crippen LogP contribution in [0.3, 0.4) is 0 Å². The lowest BCUT2D eigenvalue weighted by atomic mass is 10.2. The molecule has 0 aromatic heterocycles. The second kappa shape index (κ2) is 6.06. The van der Waals surface area contributed by atoms with Crippen LogP contribution in [0.25, 0.3) is 0 Å². The fourth-order valence-corrected chi connectivity index (χ4v) is 1.85. The Kier molecular flexibility index (Phi) is 5.75. The second-order valence-corrected chi connectivity index (χ2v) is 4.21. The second-order valence-electron chi connectivity index (χ2n) is 4.21. The lowest BCUT2D eigenvalue weighted by molar-refractivity contribution is -0.142. The molecule has 1 heterocycles. The van der Waals surface area contributed by atoms with Gasteiger partial charge in [-0.05, 0) is 19.8 Å². The third kappa shape index (κ3) is 3.09. The Hall–Kier alpha value is -0.810. The molecule has 2 amide bonds. The van der Waals surface area contributed by atoms with E-state index < -0.39 is 6.04 Å². The van der Waals surface area contributed by atoms with Gasteiger partial charge in [-0.2, -0.15) is 0 Å². The first-order chi connectivity index (χ1) is 6.95. The molecule has 0 radical (unpaired) electrons. The summed E-state index contributed by atoms with van der Waals surface area (Å²) >= 11 is 0. The summed E-state index contributed by atoms with van der Waals surface area (Å²) in [7, 11) is 3.41. The first kappa shape index (κ1) is 15.2. The molecule has 0 aromatic carbocycles. The molecular formula is C10H20ClN3O2. The minimum atomic E-state index is -0.527. The highest BCUT2D eigenvalue weighted by Gasteiger charge is 2.35. The Morgan fingerprint density at radius 2 is 2.00 bits per heavy atom. The summed E-state index contributed by atoms with van der Waals surface area (Å²) in [5, 5.41) is 0. The molecule has 0 saturated carbocycles. The van der Waals surface area contributed by atoms with Gasteiger partial charge in [-0.25, -0.2) is 0 Å². The maximum atomic E-state index is 11.8. The van der Waals surface area contributed by atoms with Crippen molar-refractivity contribution in [3.05, 3.63) is 0 Å². The third-order valence-corrected chi connectivity index (χ3v) is 2.65. The van der Waals surface area contributed by atoms with Crippen molar-refractivity contribution in [2.24, 2.45) is 5.73 Å². The SMILES string of the molecule is C[C@@H](N)C(=O)N1CCCC1C(=O)N(C)C.Cl. The summed E-state index contributed by atoms with van der Waals surface area (Å²) in [6.45, 7) is 2.29. The van der Waals surface area contributed by atoms with E-state index in [-0.39, 0.29) is 30.3 Å². The number of amides is 2. The van der Waals surface area contributed by atoms with E-state index in [0.29, 0.717) is 6.54 Å².